The number of hydrogen-bond acceptors (Lipinski definition) is 9. The van der Waals surface area contributed by atoms with Gasteiger partial charge in [0.05, 0.1) is 48.5 Å². The summed E-state index contributed by atoms with van der Waals surface area (Å²) in [4.78, 5) is 24.9. The number of carbonyl (C=O) groups excluding carboxylic acids is 1. The zero-order valence-corrected chi connectivity index (χ0v) is 22.8. The first-order chi connectivity index (χ1) is 21.9. The molecule has 4 aromatic rings. The molecule has 2 aromatic carbocycles. The second-order valence-electron chi connectivity index (χ2n) is 9.37. The molecule has 1 saturated heterocycles. The zero-order chi connectivity index (χ0) is 33.0. The second kappa shape index (κ2) is 12.6. The number of benzene rings is 2. The molecule has 5 rings (SSSR count). The Kier molecular flexibility index (Phi) is 6.78. The van der Waals surface area contributed by atoms with Crippen LogP contribution < -0.4 is 20.3 Å². The van der Waals surface area contributed by atoms with E-state index >= 15 is 0 Å². The molecule has 3 heterocycles. The van der Waals surface area contributed by atoms with Gasteiger partial charge in [0.15, 0.2) is 5.82 Å². The van der Waals surface area contributed by atoms with Crippen LogP contribution in [-0.4, -0.2) is 78.0 Å². The van der Waals surface area contributed by atoms with Gasteiger partial charge in [0, 0.05) is 56.6 Å². The van der Waals surface area contributed by atoms with Gasteiger partial charge < -0.3 is 29.9 Å². The Hall–Kier alpha value is -4.74. The predicted molar refractivity (Wildman–Crippen MR) is 160 cm³/mol. The highest BCUT2D eigenvalue weighted by Crippen LogP contribution is 2.38. The number of morpholine rings is 1. The molecular formula is C30H34N8O3. The van der Waals surface area contributed by atoms with Crippen LogP contribution in [0.5, 0.6) is 5.75 Å². The number of anilines is 4. The first kappa shape index (κ1) is 22.0. The van der Waals surface area contributed by atoms with E-state index in [2.05, 4.69) is 32.3 Å². The summed E-state index contributed by atoms with van der Waals surface area (Å²) in [6, 6.07) is 14.0. The van der Waals surface area contributed by atoms with E-state index < -0.39 is 19.5 Å². The number of rotatable bonds is 10. The average molecular weight is 560 g/mol. The van der Waals surface area contributed by atoms with Gasteiger partial charge in [-0.05, 0) is 26.2 Å². The SMILES string of the molecule is [2H]c1c(C([2H])N(C)C)c(-c2ccccc2)nn1-c1ccnc(Nc2cc(NC(=O)C=C)c(N3CCOCC3)cc2OC([2H])([2H])[2H])n1. The monoisotopic (exact) mass is 559 g/mol. The highest BCUT2D eigenvalue weighted by atomic mass is 16.5. The number of methoxy groups -OCH3 is 1. The van der Waals surface area contributed by atoms with Crippen LogP contribution in [0.3, 0.4) is 0 Å². The lowest BCUT2D eigenvalue weighted by Crippen LogP contribution is -2.36. The molecule has 1 aliphatic heterocycles. The van der Waals surface area contributed by atoms with Crippen molar-refractivity contribution in [1.82, 2.24) is 24.6 Å². The van der Waals surface area contributed by atoms with Crippen LogP contribution in [0.25, 0.3) is 17.1 Å². The number of amides is 1. The first-order valence-electron chi connectivity index (χ1n) is 15.5. The third-order valence-electron chi connectivity index (χ3n) is 6.22. The number of nitrogens with one attached hydrogen (secondary N) is 2. The molecular weight excluding hydrogens is 520 g/mol. The first-order valence-corrected chi connectivity index (χ1v) is 12.9. The Labute approximate surface area is 246 Å². The highest BCUT2D eigenvalue weighted by molar-refractivity contribution is 6.02. The summed E-state index contributed by atoms with van der Waals surface area (Å²) >= 11 is 0. The van der Waals surface area contributed by atoms with Crippen molar-refractivity contribution in [3.05, 3.63) is 79.1 Å². The Morgan fingerprint density at radius 2 is 2.05 bits per heavy atom. The summed E-state index contributed by atoms with van der Waals surface area (Å²) in [6.45, 7) is 4.61. The van der Waals surface area contributed by atoms with Crippen molar-refractivity contribution in [2.75, 3.05) is 63.0 Å². The van der Waals surface area contributed by atoms with Gasteiger partial charge >= 0.3 is 0 Å². The van der Waals surface area contributed by atoms with Crippen molar-refractivity contribution in [1.29, 1.82) is 0 Å². The van der Waals surface area contributed by atoms with Crippen LogP contribution in [0.4, 0.5) is 23.0 Å². The van der Waals surface area contributed by atoms with E-state index in [9.17, 15) is 4.79 Å². The quantitative estimate of drug-likeness (QED) is 0.278. The fraction of sp³-hybridized carbons (Fsp3) is 0.267. The van der Waals surface area contributed by atoms with Crippen molar-refractivity contribution in [3.63, 3.8) is 0 Å². The maximum atomic E-state index is 12.4. The Balaban J connectivity index is 1.58. The van der Waals surface area contributed by atoms with E-state index in [0.717, 1.165) is 11.6 Å². The number of carbonyl (C=O) groups is 1. The largest absolute Gasteiger partial charge is 0.494 e. The predicted octanol–water partition coefficient (Wildman–Crippen LogP) is 4.10. The third kappa shape index (κ3) is 6.53. The molecule has 0 spiro atoms. The fourth-order valence-electron chi connectivity index (χ4n) is 4.36. The number of aromatic nitrogens is 4. The van der Waals surface area contributed by atoms with Crippen LogP contribution in [0, 0.1) is 0 Å². The van der Waals surface area contributed by atoms with Crippen LogP contribution in [0.2, 0.25) is 0 Å². The van der Waals surface area contributed by atoms with Crippen molar-refractivity contribution in [2.45, 2.75) is 6.52 Å². The molecule has 1 amide bonds. The molecule has 1 atom stereocenters. The van der Waals surface area contributed by atoms with E-state index in [4.69, 9.17) is 16.3 Å². The molecule has 0 radical (unpaired) electrons. The van der Waals surface area contributed by atoms with Crippen LogP contribution in [0.15, 0.2) is 73.6 Å². The molecule has 11 heteroatoms. The maximum absolute atomic E-state index is 12.4. The summed E-state index contributed by atoms with van der Waals surface area (Å²) < 4.78 is 53.2. The lowest BCUT2D eigenvalue weighted by molar-refractivity contribution is -0.111. The number of nitrogens with zero attached hydrogens (tertiary/aromatic N) is 6. The Bertz CT molecular complexity index is 1710. The smallest absolute Gasteiger partial charge is 0.247 e. The normalized spacial score (nSPS) is 16.1. The van der Waals surface area contributed by atoms with Gasteiger partial charge in [0.2, 0.25) is 11.9 Å². The van der Waals surface area contributed by atoms with Crippen molar-refractivity contribution in [3.8, 4) is 22.8 Å². The van der Waals surface area contributed by atoms with Gasteiger partial charge in [-0.3, -0.25) is 4.79 Å². The van der Waals surface area contributed by atoms with Crippen LogP contribution in [-0.2, 0) is 16.1 Å². The molecule has 1 aliphatic rings. The van der Waals surface area contributed by atoms with E-state index in [1.807, 2.05) is 35.2 Å². The molecule has 0 bridgehead atoms. The maximum Gasteiger partial charge on any atom is 0.247 e. The molecule has 1 unspecified atom stereocenters. The summed E-state index contributed by atoms with van der Waals surface area (Å²) in [6.07, 6.45) is 2.58. The molecule has 0 aliphatic carbocycles. The second-order valence-corrected chi connectivity index (χ2v) is 9.37. The average Bonchev–Trinajstić information content (AvgIpc) is 3.38. The van der Waals surface area contributed by atoms with Crippen molar-refractivity contribution in [2.24, 2.45) is 0 Å². The van der Waals surface area contributed by atoms with E-state index in [-0.39, 0.29) is 29.4 Å². The molecule has 212 valence electrons. The Morgan fingerprint density at radius 1 is 1.24 bits per heavy atom. The Morgan fingerprint density at radius 3 is 2.78 bits per heavy atom. The van der Waals surface area contributed by atoms with Gasteiger partial charge in [0.25, 0.3) is 0 Å². The molecule has 2 N–H and O–H groups in total. The molecule has 1 fully saturated rings. The van der Waals surface area contributed by atoms with E-state index in [1.54, 1.807) is 31.1 Å². The van der Waals surface area contributed by atoms with Gasteiger partial charge in [0.1, 0.15) is 5.75 Å². The van der Waals surface area contributed by atoms with Crippen molar-refractivity contribution >= 4 is 28.9 Å². The van der Waals surface area contributed by atoms with Crippen LogP contribution in [0.1, 0.15) is 12.4 Å². The van der Waals surface area contributed by atoms with Gasteiger partial charge in [-0.15, -0.1) is 0 Å². The minimum Gasteiger partial charge on any atom is -0.494 e. The molecule has 0 saturated carbocycles. The van der Waals surface area contributed by atoms with Crippen molar-refractivity contribution < 1.29 is 21.1 Å². The topological polar surface area (TPSA) is 110 Å². The highest BCUT2D eigenvalue weighted by Gasteiger charge is 2.20. The molecule has 2 aromatic heterocycles. The third-order valence-corrected chi connectivity index (χ3v) is 6.22. The summed E-state index contributed by atoms with van der Waals surface area (Å²) in [5, 5.41) is 10.5. The lowest BCUT2D eigenvalue weighted by atomic mass is 10.1. The van der Waals surface area contributed by atoms with Gasteiger partial charge in [-0.25, -0.2) is 9.67 Å². The van der Waals surface area contributed by atoms with E-state index in [0.29, 0.717) is 48.9 Å². The standard InChI is InChI=1S/C30H34N8O3/c1-5-28(39)32-23-17-24(26(40-4)18-25(23)37-13-15-41-16-14-37)33-30-31-12-11-27(34-30)38-20-22(19-36(2)3)29(35-38)21-9-7-6-8-10-21/h5-12,17-18,20H,1,13-16,19H2,2-4H3,(H,32,39)(H,31,33,34)/i4D3,19D,20D. The van der Waals surface area contributed by atoms with Crippen LogP contribution >= 0.6 is 0 Å². The summed E-state index contributed by atoms with van der Waals surface area (Å²) in [7, 11) is 0.724. The fourth-order valence-corrected chi connectivity index (χ4v) is 4.36. The molecule has 41 heavy (non-hydrogen) atoms. The lowest BCUT2D eigenvalue weighted by Gasteiger charge is -2.31. The molecule has 11 nitrogen and oxygen atoms in total. The summed E-state index contributed by atoms with van der Waals surface area (Å²) in [5.74, 6) is -0.203. The minimum atomic E-state index is -2.79. The van der Waals surface area contributed by atoms with E-state index in [1.165, 1.54) is 16.9 Å². The number of hydrogen-bond donors (Lipinski definition) is 2. The minimum absolute atomic E-state index is 0.0204. The summed E-state index contributed by atoms with van der Waals surface area (Å²) in [5.41, 5.74) is 2.71. The van der Waals surface area contributed by atoms with Gasteiger partial charge in [-0.1, -0.05) is 36.9 Å². The van der Waals surface area contributed by atoms with Gasteiger partial charge in [-0.2, -0.15) is 10.1 Å². The number of ether oxygens (including phenoxy) is 2. The zero-order valence-electron chi connectivity index (χ0n) is 27.8.